The van der Waals surface area contributed by atoms with Gasteiger partial charge in [0.25, 0.3) is 5.56 Å². The molecule has 0 spiro atoms. The fourth-order valence-electron chi connectivity index (χ4n) is 3.08. The van der Waals surface area contributed by atoms with Crippen molar-refractivity contribution < 1.29 is 23.1 Å². The lowest BCUT2D eigenvalue weighted by Gasteiger charge is -2.13. The molecule has 4 aromatic rings. The lowest BCUT2D eigenvalue weighted by Crippen LogP contribution is -2.22. The maximum atomic E-state index is 13.8. The van der Waals surface area contributed by atoms with Crippen molar-refractivity contribution in [2.24, 2.45) is 0 Å². The van der Waals surface area contributed by atoms with Gasteiger partial charge in [-0.1, -0.05) is 23.9 Å². The molecule has 1 amide bonds. The minimum Gasteiger partial charge on any atom is -0.465 e. The number of fused-ring (bicyclic) bond motifs is 1. The number of thiophene rings is 1. The van der Waals surface area contributed by atoms with E-state index in [4.69, 9.17) is 4.74 Å². The molecular formula is C22H15F2N3O4S2. The van der Waals surface area contributed by atoms with Crippen molar-refractivity contribution in [2.45, 2.75) is 5.16 Å². The number of nitrogens with zero attached hydrogens (tertiary/aromatic N) is 2. The van der Waals surface area contributed by atoms with Crippen LogP contribution in [0.25, 0.3) is 15.9 Å². The van der Waals surface area contributed by atoms with E-state index in [9.17, 15) is 23.2 Å². The van der Waals surface area contributed by atoms with Gasteiger partial charge in [0, 0.05) is 6.07 Å². The van der Waals surface area contributed by atoms with Crippen molar-refractivity contribution >= 4 is 50.9 Å². The third-order valence-electron chi connectivity index (χ3n) is 4.49. The number of thioether (sulfide) groups is 1. The lowest BCUT2D eigenvalue weighted by atomic mass is 10.2. The SMILES string of the molecule is COC(=O)c1ccccc1NC(=O)CSc1nc2ccsc2c(=O)n1-c1cc(F)cc(F)c1. The van der Waals surface area contributed by atoms with Gasteiger partial charge in [-0.25, -0.2) is 18.6 Å². The van der Waals surface area contributed by atoms with Crippen LogP contribution in [0, 0.1) is 11.6 Å². The Balaban J connectivity index is 1.65. The van der Waals surface area contributed by atoms with Gasteiger partial charge in [0.1, 0.15) is 16.3 Å². The van der Waals surface area contributed by atoms with Crippen LogP contribution in [0.1, 0.15) is 10.4 Å². The highest BCUT2D eigenvalue weighted by Crippen LogP contribution is 2.25. The van der Waals surface area contributed by atoms with E-state index in [1.54, 1.807) is 29.6 Å². The first-order chi connectivity index (χ1) is 15.9. The zero-order chi connectivity index (χ0) is 23.5. The van der Waals surface area contributed by atoms with E-state index >= 15 is 0 Å². The average Bonchev–Trinajstić information content (AvgIpc) is 3.26. The van der Waals surface area contributed by atoms with Crippen molar-refractivity contribution in [1.29, 1.82) is 0 Å². The van der Waals surface area contributed by atoms with Gasteiger partial charge >= 0.3 is 5.97 Å². The molecule has 1 N–H and O–H groups in total. The molecule has 0 unspecified atom stereocenters. The molecule has 2 heterocycles. The Bertz CT molecular complexity index is 1410. The number of anilines is 1. The monoisotopic (exact) mass is 487 g/mol. The predicted molar refractivity (Wildman–Crippen MR) is 122 cm³/mol. The smallest absolute Gasteiger partial charge is 0.339 e. The molecule has 0 atom stereocenters. The second kappa shape index (κ2) is 9.51. The number of hydrogen-bond donors (Lipinski definition) is 1. The Morgan fingerprint density at radius 1 is 1.15 bits per heavy atom. The van der Waals surface area contributed by atoms with Crippen molar-refractivity contribution in [3.8, 4) is 5.69 Å². The number of amides is 1. The minimum atomic E-state index is -0.851. The summed E-state index contributed by atoms with van der Waals surface area (Å²) >= 11 is 2.07. The summed E-state index contributed by atoms with van der Waals surface area (Å²) in [5, 5.41) is 4.40. The van der Waals surface area contributed by atoms with Gasteiger partial charge in [-0.15, -0.1) is 11.3 Å². The standard InChI is InChI=1S/C22H15F2N3O4S2/c1-31-21(30)15-4-2-3-5-16(15)25-18(28)11-33-22-26-17-6-7-32-19(17)20(29)27(22)14-9-12(23)8-13(24)10-14/h2-10H,11H2,1H3,(H,25,28). The van der Waals surface area contributed by atoms with Crippen LogP contribution in [0.5, 0.6) is 0 Å². The first-order valence-electron chi connectivity index (χ1n) is 9.44. The molecule has 2 aromatic heterocycles. The summed E-state index contributed by atoms with van der Waals surface area (Å²) < 4.78 is 33.8. The summed E-state index contributed by atoms with van der Waals surface area (Å²) in [6, 6.07) is 10.7. The number of benzene rings is 2. The molecule has 11 heteroatoms. The van der Waals surface area contributed by atoms with E-state index in [0.29, 0.717) is 16.3 Å². The Kier molecular flexibility index (Phi) is 6.52. The zero-order valence-electron chi connectivity index (χ0n) is 17.0. The molecule has 168 valence electrons. The largest absolute Gasteiger partial charge is 0.465 e. The number of aromatic nitrogens is 2. The van der Waals surface area contributed by atoms with E-state index in [1.165, 1.54) is 13.2 Å². The van der Waals surface area contributed by atoms with E-state index in [2.05, 4.69) is 10.3 Å². The maximum Gasteiger partial charge on any atom is 0.339 e. The second-order valence-electron chi connectivity index (χ2n) is 6.67. The highest BCUT2D eigenvalue weighted by Gasteiger charge is 2.18. The summed E-state index contributed by atoms with van der Waals surface area (Å²) in [7, 11) is 1.23. The Morgan fingerprint density at radius 2 is 1.88 bits per heavy atom. The molecule has 7 nitrogen and oxygen atoms in total. The second-order valence-corrected chi connectivity index (χ2v) is 8.53. The Labute approximate surface area is 194 Å². The number of carbonyl (C=O) groups excluding carboxylic acids is 2. The predicted octanol–water partition coefficient (Wildman–Crippen LogP) is 4.24. The Morgan fingerprint density at radius 3 is 2.61 bits per heavy atom. The van der Waals surface area contributed by atoms with Gasteiger partial charge in [-0.05, 0) is 35.7 Å². The number of methoxy groups -OCH3 is 1. The normalized spacial score (nSPS) is 10.9. The van der Waals surface area contributed by atoms with Crippen LogP contribution in [0.3, 0.4) is 0 Å². The fraction of sp³-hybridized carbons (Fsp3) is 0.0909. The van der Waals surface area contributed by atoms with E-state index in [1.807, 2.05) is 0 Å². The summed E-state index contributed by atoms with van der Waals surface area (Å²) in [5.41, 5.74) is 0.319. The van der Waals surface area contributed by atoms with Gasteiger partial charge in [-0.3, -0.25) is 14.2 Å². The molecule has 2 aromatic carbocycles. The van der Waals surface area contributed by atoms with Gasteiger partial charge in [0.15, 0.2) is 5.16 Å². The molecule has 0 bridgehead atoms. The molecule has 0 aliphatic rings. The fourth-order valence-corrected chi connectivity index (χ4v) is 4.65. The zero-order valence-corrected chi connectivity index (χ0v) is 18.6. The molecule has 0 aliphatic heterocycles. The number of esters is 1. The van der Waals surface area contributed by atoms with Crippen molar-refractivity contribution in [3.63, 3.8) is 0 Å². The number of para-hydroxylation sites is 1. The summed E-state index contributed by atoms with van der Waals surface area (Å²) in [6.07, 6.45) is 0. The number of hydrogen-bond acceptors (Lipinski definition) is 7. The van der Waals surface area contributed by atoms with E-state index < -0.39 is 29.1 Å². The topological polar surface area (TPSA) is 90.3 Å². The summed E-state index contributed by atoms with van der Waals surface area (Å²) in [5.74, 6) is -2.97. The molecule has 0 radical (unpaired) electrons. The van der Waals surface area contributed by atoms with Gasteiger partial charge in [0.2, 0.25) is 5.91 Å². The Hall–Kier alpha value is -3.57. The molecule has 4 rings (SSSR count). The van der Waals surface area contributed by atoms with Crippen LogP contribution in [0.15, 0.2) is 63.9 Å². The highest BCUT2D eigenvalue weighted by atomic mass is 32.2. The van der Waals surface area contributed by atoms with Crippen LogP contribution in [0.2, 0.25) is 0 Å². The minimum absolute atomic E-state index is 0.0424. The van der Waals surface area contributed by atoms with Crippen LogP contribution in [-0.4, -0.2) is 34.3 Å². The number of halogens is 2. The van der Waals surface area contributed by atoms with Crippen LogP contribution < -0.4 is 10.9 Å². The van der Waals surface area contributed by atoms with E-state index in [-0.39, 0.29) is 27.8 Å². The van der Waals surface area contributed by atoms with Crippen LogP contribution >= 0.6 is 23.1 Å². The molecule has 0 fully saturated rings. The molecule has 0 aliphatic carbocycles. The average molecular weight is 488 g/mol. The first-order valence-corrected chi connectivity index (χ1v) is 11.3. The number of carbonyl (C=O) groups is 2. The number of ether oxygens (including phenoxy) is 1. The molecular weight excluding hydrogens is 472 g/mol. The summed E-state index contributed by atoms with van der Waals surface area (Å²) in [6.45, 7) is 0. The van der Waals surface area contributed by atoms with Crippen molar-refractivity contribution in [3.05, 3.63) is 81.5 Å². The summed E-state index contributed by atoms with van der Waals surface area (Å²) in [4.78, 5) is 41.9. The number of rotatable bonds is 6. The van der Waals surface area contributed by atoms with Crippen molar-refractivity contribution in [2.75, 3.05) is 18.2 Å². The highest BCUT2D eigenvalue weighted by molar-refractivity contribution is 7.99. The quantitative estimate of drug-likeness (QED) is 0.249. The van der Waals surface area contributed by atoms with Gasteiger partial charge in [0.05, 0.1) is 35.3 Å². The van der Waals surface area contributed by atoms with E-state index in [0.717, 1.165) is 39.8 Å². The third-order valence-corrected chi connectivity index (χ3v) is 6.32. The molecule has 0 saturated heterocycles. The number of nitrogens with one attached hydrogen (secondary N) is 1. The van der Waals surface area contributed by atoms with Gasteiger partial charge < -0.3 is 10.1 Å². The van der Waals surface area contributed by atoms with Crippen molar-refractivity contribution in [1.82, 2.24) is 9.55 Å². The van der Waals surface area contributed by atoms with Crippen LogP contribution in [0.4, 0.5) is 14.5 Å². The molecule has 33 heavy (non-hydrogen) atoms. The van der Waals surface area contributed by atoms with Crippen LogP contribution in [-0.2, 0) is 9.53 Å². The molecule has 0 saturated carbocycles. The lowest BCUT2D eigenvalue weighted by molar-refractivity contribution is -0.113. The maximum absolute atomic E-state index is 13.8. The first kappa shape index (κ1) is 22.6. The van der Waals surface area contributed by atoms with Gasteiger partial charge in [-0.2, -0.15) is 0 Å². The third kappa shape index (κ3) is 4.78.